The van der Waals surface area contributed by atoms with E-state index in [9.17, 15) is 0 Å². The maximum Gasteiger partial charge on any atom is 0.0885 e. The number of nitrogens with zero attached hydrogens (tertiary/aromatic N) is 2. The molecule has 0 spiro atoms. The molecule has 0 atom stereocenters. The minimum absolute atomic E-state index is 0.0469. The van der Waals surface area contributed by atoms with Crippen molar-refractivity contribution >= 4 is 0 Å². The van der Waals surface area contributed by atoms with Gasteiger partial charge in [0.05, 0.1) is 17.6 Å². The Morgan fingerprint density at radius 2 is 1.74 bits per heavy atom. The lowest BCUT2D eigenvalue weighted by atomic mass is 9.92. The van der Waals surface area contributed by atoms with E-state index in [-0.39, 0.29) is 5.41 Å². The highest BCUT2D eigenvalue weighted by Crippen LogP contribution is 2.24. The Hall–Kier alpha value is -1.70. The zero-order valence-corrected chi connectivity index (χ0v) is 12.4. The third-order valence-electron chi connectivity index (χ3n) is 3.27. The lowest BCUT2D eigenvalue weighted by Crippen LogP contribution is -2.13. The molecule has 2 heteroatoms. The molecular weight excluding hydrogens is 232 g/mol. The summed E-state index contributed by atoms with van der Waals surface area (Å²) in [6.07, 6.45) is 3.76. The monoisotopic (exact) mass is 254 g/mol. The van der Waals surface area contributed by atoms with Gasteiger partial charge >= 0.3 is 0 Å². The third kappa shape index (κ3) is 3.19. The van der Waals surface area contributed by atoms with E-state index in [0.717, 1.165) is 17.0 Å². The number of benzene rings is 1. The third-order valence-corrected chi connectivity index (χ3v) is 3.27. The fraction of sp³-hybridized carbons (Fsp3) is 0.412. The molecule has 100 valence electrons. The standard InChI is InChI=1S/C17H22N2/c1-12(2)13-7-6-8-14(9-13)15-10-19-16(11-18-15)17(3,4)5/h6-12H,1-5H3. The normalized spacial score (nSPS) is 11.9. The maximum atomic E-state index is 4.55. The van der Waals surface area contributed by atoms with Crippen LogP contribution in [0.5, 0.6) is 0 Å². The van der Waals surface area contributed by atoms with Gasteiger partial charge in [-0.05, 0) is 17.5 Å². The summed E-state index contributed by atoms with van der Waals surface area (Å²) in [6.45, 7) is 10.9. The molecule has 2 nitrogen and oxygen atoms in total. The van der Waals surface area contributed by atoms with Crippen LogP contribution in [0.15, 0.2) is 36.7 Å². The van der Waals surface area contributed by atoms with Gasteiger partial charge in [-0.2, -0.15) is 0 Å². The highest BCUT2D eigenvalue weighted by molar-refractivity contribution is 5.59. The molecule has 1 heterocycles. The van der Waals surface area contributed by atoms with E-state index in [1.807, 2.05) is 12.4 Å². The highest BCUT2D eigenvalue weighted by Gasteiger charge is 2.15. The molecule has 19 heavy (non-hydrogen) atoms. The summed E-state index contributed by atoms with van der Waals surface area (Å²) < 4.78 is 0. The Bertz CT molecular complexity index is 548. The molecule has 0 N–H and O–H groups in total. The molecule has 0 bridgehead atoms. The second kappa shape index (κ2) is 5.12. The first-order chi connectivity index (χ1) is 8.88. The van der Waals surface area contributed by atoms with Crippen LogP contribution >= 0.6 is 0 Å². The van der Waals surface area contributed by atoms with Gasteiger partial charge in [0, 0.05) is 17.2 Å². The van der Waals surface area contributed by atoms with E-state index in [0.29, 0.717) is 5.92 Å². The lowest BCUT2D eigenvalue weighted by molar-refractivity contribution is 0.566. The van der Waals surface area contributed by atoms with Crippen LogP contribution in [0.4, 0.5) is 0 Å². The molecule has 0 radical (unpaired) electrons. The van der Waals surface area contributed by atoms with Gasteiger partial charge in [0.15, 0.2) is 0 Å². The van der Waals surface area contributed by atoms with E-state index in [2.05, 4.69) is 68.9 Å². The van der Waals surface area contributed by atoms with Gasteiger partial charge in [-0.15, -0.1) is 0 Å². The smallest absolute Gasteiger partial charge is 0.0885 e. The molecule has 0 aliphatic rings. The van der Waals surface area contributed by atoms with Crippen LogP contribution in [0.25, 0.3) is 11.3 Å². The molecule has 0 fully saturated rings. The largest absolute Gasteiger partial charge is 0.257 e. The minimum atomic E-state index is 0.0469. The van der Waals surface area contributed by atoms with Crippen molar-refractivity contribution in [3.8, 4) is 11.3 Å². The van der Waals surface area contributed by atoms with Gasteiger partial charge in [0.25, 0.3) is 0 Å². The van der Waals surface area contributed by atoms with Crippen LogP contribution in [0.3, 0.4) is 0 Å². The first kappa shape index (κ1) is 13.7. The number of hydrogen-bond donors (Lipinski definition) is 0. The van der Waals surface area contributed by atoms with Gasteiger partial charge in [0.2, 0.25) is 0 Å². The Labute approximate surface area is 115 Å². The number of rotatable bonds is 2. The molecule has 2 aromatic rings. The predicted molar refractivity (Wildman–Crippen MR) is 80.3 cm³/mol. The summed E-state index contributed by atoms with van der Waals surface area (Å²) in [5, 5.41) is 0. The molecule has 1 aromatic heterocycles. The Morgan fingerprint density at radius 3 is 2.26 bits per heavy atom. The van der Waals surface area contributed by atoms with Crippen LogP contribution in [-0.4, -0.2) is 9.97 Å². The van der Waals surface area contributed by atoms with Crippen molar-refractivity contribution in [3.63, 3.8) is 0 Å². The molecular formula is C17H22N2. The minimum Gasteiger partial charge on any atom is -0.257 e. The first-order valence-electron chi connectivity index (χ1n) is 6.81. The second-order valence-electron chi connectivity index (χ2n) is 6.32. The van der Waals surface area contributed by atoms with Crippen molar-refractivity contribution in [3.05, 3.63) is 47.9 Å². The maximum absolute atomic E-state index is 4.55. The summed E-state index contributed by atoms with van der Waals surface area (Å²) >= 11 is 0. The summed E-state index contributed by atoms with van der Waals surface area (Å²) in [5.74, 6) is 0.529. The van der Waals surface area contributed by atoms with Crippen molar-refractivity contribution in [2.24, 2.45) is 0 Å². The van der Waals surface area contributed by atoms with Crippen molar-refractivity contribution in [1.82, 2.24) is 9.97 Å². The molecule has 0 aliphatic heterocycles. The van der Waals surface area contributed by atoms with Crippen LogP contribution in [-0.2, 0) is 5.41 Å². The summed E-state index contributed by atoms with van der Waals surface area (Å²) in [5.41, 5.74) is 4.48. The van der Waals surface area contributed by atoms with Crippen molar-refractivity contribution in [2.45, 2.75) is 46.0 Å². The van der Waals surface area contributed by atoms with E-state index < -0.39 is 0 Å². The van der Waals surface area contributed by atoms with Crippen molar-refractivity contribution in [1.29, 1.82) is 0 Å². The average molecular weight is 254 g/mol. The zero-order valence-electron chi connectivity index (χ0n) is 12.4. The molecule has 1 aromatic carbocycles. The number of hydrogen-bond acceptors (Lipinski definition) is 2. The average Bonchev–Trinajstić information content (AvgIpc) is 2.38. The molecule has 0 unspecified atom stereocenters. The van der Waals surface area contributed by atoms with Crippen molar-refractivity contribution < 1.29 is 0 Å². The highest BCUT2D eigenvalue weighted by atomic mass is 14.8. The van der Waals surface area contributed by atoms with E-state index in [1.54, 1.807) is 0 Å². The summed E-state index contributed by atoms with van der Waals surface area (Å²) in [4.78, 5) is 9.09. The van der Waals surface area contributed by atoms with Gasteiger partial charge in [-0.3, -0.25) is 9.97 Å². The van der Waals surface area contributed by atoms with Crippen LogP contribution < -0.4 is 0 Å². The molecule has 0 amide bonds. The molecule has 0 aliphatic carbocycles. The van der Waals surface area contributed by atoms with E-state index >= 15 is 0 Å². The van der Waals surface area contributed by atoms with Gasteiger partial charge in [-0.25, -0.2) is 0 Å². The van der Waals surface area contributed by atoms with Gasteiger partial charge < -0.3 is 0 Å². The summed E-state index contributed by atoms with van der Waals surface area (Å²) in [6, 6.07) is 8.53. The topological polar surface area (TPSA) is 25.8 Å². The van der Waals surface area contributed by atoms with E-state index in [4.69, 9.17) is 0 Å². The second-order valence-corrected chi connectivity index (χ2v) is 6.32. The molecule has 0 saturated heterocycles. The van der Waals surface area contributed by atoms with Gasteiger partial charge in [0.1, 0.15) is 0 Å². The quantitative estimate of drug-likeness (QED) is 0.785. The fourth-order valence-corrected chi connectivity index (χ4v) is 1.92. The van der Waals surface area contributed by atoms with Crippen molar-refractivity contribution in [2.75, 3.05) is 0 Å². The van der Waals surface area contributed by atoms with E-state index in [1.165, 1.54) is 5.56 Å². The molecule has 2 rings (SSSR count). The first-order valence-corrected chi connectivity index (χ1v) is 6.81. The molecule has 0 saturated carbocycles. The Balaban J connectivity index is 2.35. The SMILES string of the molecule is CC(C)c1cccc(-c2cnc(C(C)(C)C)cn2)c1. The van der Waals surface area contributed by atoms with Crippen LogP contribution in [0, 0.1) is 0 Å². The predicted octanol–water partition coefficient (Wildman–Crippen LogP) is 4.56. The van der Waals surface area contributed by atoms with Crippen LogP contribution in [0.1, 0.15) is 51.8 Å². The Morgan fingerprint density at radius 1 is 1.00 bits per heavy atom. The lowest BCUT2D eigenvalue weighted by Gasteiger charge is -2.17. The zero-order chi connectivity index (χ0) is 14.0. The van der Waals surface area contributed by atoms with Gasteiger partial charge in [-0.1, -0.05) is 52.8 Å². The summed E-state index contributed by atoms with van der Waals surface area (Å²) in [7, 11) is 0. The number of aromatic nitrogens is 2. The fourth-order valence-electron chi connectivity index (χ4n) is 1.92. The van der Waals surface area contributed by atoms with Crippen LogP contribution in [0.2, 0.25) is 0 Å². The Kier molecular flexibility index (Phi) is 3.70.